The summed E-state index contributed by atoms with van der Waals surface area (Å²) in [6.07, 6.45) is 3.32. The molecule has 0 spiro atoms. The molecule has 1 amide bonds. The van der Waals surface area contributed by atoms with Gasteiger partial charge in [0.1, 0.15) is 5.75 Å². The smallest absolute Gasteiger partial charge is 0.254 e. The van der Waals surface area contributed by atoms with E-state index in [0.29, 0.717) is 17.0 Å². The number of nitrogens with zero attached hydrogens (tertiary/aromatic N) is 1. The van der Waals surface area contributed by atoms with E-state index in [4.69, 9.17) is 10.5 Å². The van der Waals surface area contributed by atoms with Gasteiger partial charge in [-0.15, -0.1) is 0 Å². The summed E-state index contributed by atoms with van der Waals surface area (Å²) in [5.41, 5.74) is 6.99. The van der Waals surface area contributed by atoms with E-state index in [9.17, 15) is 4.79 Å². The van der Waals surface area contributed by atoms with Crippen LogP contribution in [0.4, 0.5) is 5.69 Å². The molecule has 1 fully saturated rings. The molecule has 0 saturated carbocycles. The van der Waals surface area contributed by atoms with E-state index in [1.807, 2.05) is 4.90 Å². The van der Waals surface area contributed by atoms with Gasteiger partial charge in [-0.1, -0.05) is 0 Å². The number of hydrogen-bond acceptors (Lipinski definition) is 3. The summed E-state index contributed by atoms with van der Waals surface area (Å²) in [6, 6.07) is 5.76. The number of nitrogen functional groups attached to an aromatic ring is 1. The van der Waals surface area contributed by atoms with Crippen LogP contribution in [0.15, 0.2) is 18.2 Å². The second-order valence-corrected chi connectivity index (χ2v) is 5.34. The first-order chi connectivity index (χ1) is 9.02. The zero-order chi connectivity index (χ0) is 14.0. The average molecular weight is 262 g/mol. The van der Waals surface area contributed by atoms with Crippen molar-refractivity contribution in [2.24, 2.45) is 0 Å². The van der Waals surface area contributed by atoms with Crippen LogP contribution in [0.25, 0.3) is 0 Å². The first-order valence-corrected chi connectivity index (χ1v) is 6.80. The number of rotatable bonds is 2. The van der Waals surface area contributed by atoms with Crippen LogP contribution >= 0.6 is 0 Å². The molecule has 19 heavy (non-hydrogen) atoms. The Morgan fingerprint density at radius 2 is 1.89 bits per heavy atom. The number of carbonyl (C=O) groups is 1. The molecule has 1 saturated heterocycles. The molecule has 1 aliphatic heterocycles. The van der Waals surface area contributed by atoms with Crippen molar-refractivity contribution in [1.82, 2.24) is 4.90 Å². The van der Waals surface area contributed by atoms with E-state index < -0.39 is 0 Å². The van der Waals surface area contributed by atoms with Gasteiger partial charge in [0.15, 0.2) is 0 Å². The maximum atomic E-state index is 12.7. The number of carbonyl (C=O) groups excluding carboxylic acids is 1. The van der Waals surface area contributed by atoms with E-state index in [1.54, 1.807) is 25.3 Å². The standard InChI is InChI=1S/C15H22N2O2/c1-10-5-4-6-11(2)17(10)15(18)12-7-13(16)9-14(8-12)19-3/h7-11H,4-6,16H2,1-3H3. The van der Waals surface area contributed by atoms with Gasteiger partial charge in [0, 0.05) is 29.4 Å². The van der Waals surface area contributed by atoms with Gasteiger partial charge in [0.25, 0.3) is 5.91 Å². The second-order valence-electron chi connectivity index (χ2n) is 5.34. The second kappa shape index (κ2) is 5.51. The van der Waals surface area contributed by atoms with Crippen LogP contribution in [-0.2, 0) is 0 Å². The highest BCUT2D eigenvalue weighted by Crippen LogP contribution is 2.26. The summed E-state index contributed by atoms with van der Waals surface area (Å²) in [5.74, 6) is 0.672. The Kier molecular flexibility index (Phi) is 3.98. The van der Waals surface area contributed by atoms with Gasteiger partial charge in [-0.2, -0.15) is 0 Å². The van der Waals surface area contributed by atoms with Crippen molar-refractivity contribution in [2.45, 2.75) is 45.2 Å². The third kappa shape index (κ3) is 2.83. The van der Waals surface area contributed by atoms with Crippen molar-refractivity contribution in [3.8, 4) is 5.75 Å². The van der Waals surface area contributed by atoms with Crippen molar-refractivity contribution in [3.05, 3.63) is 23.8 Å². The molecule has 2 rings (SSSR count). The first kappa shape index (κ1) is 13.7. The minimum atomic E-state index is 0.0466. The molecule has 4 heteroatoms. The van der Waals surface area contributed by atoms with Gasteiger partial charge >= 0.3 is 0 Å². The molecule has 1 aromatic carbocycles. The molecule has 1 heterocycles. The van der Waals surface area contributed by atoms with Gasteiger partial charge in [-0.25, -0.2) is 0 Å². The highest BCUT2D eigenvalue weighted by atomic mass is 16.5. The van der Waals surface area contributed by atoms with E-state index in [0.717, 1.165) is 12.8 Å². The summed E-state index contributed by atoms with van der Waals surface area (Å²) in [6.45, 7) is 4.22. The van der Waals surface area contributed by atoms with Crippen LogP contribution in [0.1, 0.15) is 43.5 Å². The van der Waals surface area contributed by atoms with Crippen LogP contribution in [0.3, 0.4) is 0 Å². The van der Waals surface area contributed by atoms with E-state index in [1.165, 1.54) is 6.42 Å². The summed E-state index contributed by atoms with van der Waals surface area (Å²) in [4.78, 5) is 14.6. The third-order valence-corrected chi connectivity index (χ3v) is 3.84. The highest BCUT2D eigenvalue weighted by molar-refractivity contribution is 5.96. The fourth-order valence-electron chi connectivity index (χ4n) is 2.83. The fraction of sp³-hybridized carbons (Fsp3) is 0.533. The maximum Gasteiger partial charge on any atom is 0.254 e. The van der Waals surface area contributed by atoms with Crippen LogP contribution < -0.4 is 10.5 Å². The number of methoxy groups -OCH3 is 1. The van der Waals surface area contributed by atoms with Crippen molar-refractivity contribution < 1.29 is 9.53 Å². The number of amides is 1. The monoisotopic (exact) mass is 262 g/mol. The van der Waals surface area contributed by atoms with E-state index in [2.05, 4.69) is 13.8 Å². The molecule has 2 atom stereocenters. The SMILES string of the molecule is COc1cc(N)cc(C(=O)N2C(C)CCCC2C)c1. The molecule has 4 nitrogen and oxygen atoms in total. The van der Waals surface area contributed by atoms with E-state index in [-0.39, 0.29) is 18.0 Å². The Morgan fingerprint density at radius 3 is 2.47 bits per heavy atom. The Morgan fingerprint density at radius 1 is 1.26 bits per heavy atom. The molecule has 0 aliphatic carbocycles. The molecule has 1 aromatic rings. The molecule has 2 N–H and O–H groups in total. The quantitative estimate of drug-likeness (QED) is 0.834. The first-order valence-electron chi connectivity index (χ1n) is 6.80. The van der Waals surface area contributed by atoms with Gasteiger partial charge < -0.3 is 15.4 Å². The van der Waals surface area contributed by atoms with Crippen molar-refractivity contribution in [1.29, 1.82) is 0 Å². The zero-order valence-electron chi connectivity index (χ0n) is 11.8. The molecular formula is C15H22N2O2. The summed E-state index contributed by atoms with van der Waals surface area (Å²) >= 11 is 0. The Hall–Kier alpha value is -1.71. The van der Waals surface area contributed by atoms with Crippen LogP contribution in [0.5, 0.6) is 5.75 Å². The number of anilines is 1. The number of hydrogen-bond donors (Lipinski definition) is 1. The highest BCUT2D eigenvalue weighted by Gasteiger charge is 2.29. The van der Waals surface area contributed by atoms with Crippen molar-refractivity contribution in [3.63, 3.8) is 0 Å². The van der Waals surface area contributed by atoms with Crippen LogP contribution in [0, 0.1) is 0 Å². The lowest BCUT2D eigenvalue weighted by molar-refractivity contribution is 0.0510. The number of likely N-dealkylation sites (tertiary alicyclic amines) is 1. The lowest BCUT2D eigenvalue weighted by Crippen LogP contribution is -2.47. The van der Waals surface area contributed by atoms with Gasteiger partial charge in [-0.05, 0) is 45.2 Å². The minimum Gasteiger partial charge on any atom is -0.497 e. The van der Waals surface area contributed by atoms with Crippen molar-refractivity contribution in [2.75, 3.05) is 12.8 Å². The Balaban J connectivity index is 2.30. The third-order valence-electron chi connectivity index (χ3n) is 3.84. The normalized spacial score (nSPS) is 23.2. The zero-order valence-corrected chi connectivity index (χ0v) is 11.8. The summed E-state index contributed by atoms with van der Waals surface area (Å²) in [5, 5.41) is 0. The topological polar surface area (TPSA) is 55.6 Å². The Labute approximate surface area is 114 Å². The molecule has 0 bridgehead atoms. The van der Waals surface area contributed by atoms with Crippen LogP contribution in [-0.4, -0.2) is 30.0 Å². The lowest BCUT2D eigenvalue weighted by atomic mass is 9.96. The van der Waals surface area contributed by atoms with Crippen LogP contribution in [0.2, 0.25) is 0 Å². The number of benzene rings is 1. The molecule has 104 valence electrons. The summed E-state index contributed by atoms with van der Waals surface area (Å²) < 4.78 is 5.18. The average Bonchev–Trinajstić information content (AvgIpc) is 2.37. The molecule has 0 aromatic heterocycles. The Bertz CT molecular complexity index is 463. The number of ether oxygens (including phenoxy) is 1. The number of nitrogens with two attached hydrogens (primary N) is 1. The lowest BCUT2D eigenvalue weighted by Gasteiger charge is -2.39. The van der Waals surface area contributed by atoms with Gasteiger partial charge in [0.2, 0.25) is 0 Å². The predicted octanol–water partition coefficient (Wildman–Crippen LogP) is 2.68. The molecule has 2 unspecified atom stereocenters. The minimum absolute atomic E-state index is 0.0466. The molecule has 1 aliphatic rings. The van der Waals surface area contributed by atoms with E-state index >= 15 is 0 Å². The van der Waals surface area contributed by atoms with Gasteiger partial charge in [-0.3, -0.25) is 4.79 Å². The number of piperidine rings is 1. The predicted molar refractivity (Wildman–Crippen MR) is 76.4 cm³/mol. The molecule has 0 radical (unpaired) electrons. The summed E-state index contributed by atoms with van der Waals surface area (Å²) in [7, 11) is 1.58. The fourth-order valence-corrected chi connectivity index (χ4v) is 2.83. The van der Waals surface area contributed by atoms with Crippen molar-refractivity contribution >= 4 is 11.6 Å². The van der Waals surface area contributed by atoms with Gasteiger partial charge in [0.05, 0.1) is 7.11 Å². The largest absolute Gasteiger partial charge is 0.497 e. The maximum absolute atomic E-state index is 12.7. The molecular weight excluding hydrogens is 240 g/mol.